The number of aliphatic hydroxyl groups is 3. The summed E-state index contributed by atoms with van der Waals surface area (Å²) in [5.41, 5.74) is 2.29. The number of morpholine rings is 1. The van der Waals surface area contributed by atoms with Crippen LogP contribution in [-0.2, 0) is 4.74 Å². The van der Waals surface area contributed by atoms with Crippen molar-refractivity contribution in [3.8, 4) is 10.6 Å². The normalized spacial score (nSPS) is 24.5. The fraction of sp³-hybridized carbons (Fsp3) is 0.545. The van der Waals surface area contributed by atoms with E-state index >= 15 is 0 Å². The quantitative estimate of drug-likeness (QED) is 0.324. The predicted molar refractivity (Wildman–Crippen MR) is 136 cm³/mol. The fourth-order valence-electron chi connectivity index (χ4n) is 4.65. The highest BCUT2D eigenvalue weighted by atomic mass is 35.5. The van der Waals surface area contributed by atoms with E-state index in [2.05, 4.69) is 15.3 Å². The van der Waals surface area contributed by atoms with Crippen molar-refractivity contribution < 1.29 is 20.1 Å². The summed E-state index contributed by atoms with van der Waals surface area (Å²) in [6.07, 6.45) is -1.84. The van der Waals surface area contributed by atoms with Gasteiger partial charge in [-0.1, -0.05) is 0 Å². The van der Waals surface area contributed by atoms with Crippen molar-refractivity contribution in [3.63, 3.8) is 0 Å². The molecule has 1 aliphatic heterocycles. The zero-order chi connectivity index (χ0) is 24.0. The molecule has 3 aromatic heterocycles. The molecule has 1 saturated heterocycles. The van der Waals surface area contributed by atoms with Crippen molar-refractivity contribution in [3.05, 3.63) is 27.8 Å². The summed E-state index contributed by atoms with van der Waals surface area (Å²) < 4.78 is 6.33. The van der Waals surface area contributed by atoms with Gasteiger partial charge in [0, 0.05) is 31.3 Å². The first kappa shape index (κ1) is 25.7. The number of hydrogen-bond acceptors (Lipinski definition) is 11. The Labute approximate surface area is 211 Å². The van der Waals surface area contributed by atoms with Gasteiger partial charge in [-0.15, -0.1) is 23.7 Å². The number of aromatic nitrogens is 4. The predicted octanol–water partition coefficient (Wildman–Crippen LogP) is 0.831. The molecular formula is C22H29ClN6O5S. The maximum Gasteiger partial charge on any atom is 0.264 e. The summed E-state index contributed by atoms with van der Waals surface area (Å²) in [6.45, 7) is 5.79. The average Bonchev–Trinajstić information content (AvgIpc) is 3.35. The molecule has 5 N–H and O–H groups in total. The van der Waals surface area contributed by atoms with Gasteiger partial charge in [0.15, 0.2) is 0 Å². The van der Waals surface area contributed by atoms with E-state index in [0.717, 1.165) is 21.6 Å². The van der Waals surface area contributed by atoms with Crippen LogP contribution in [0.5, 0.6) is 0 Å². The number of hydrogen-bond donors (Lipinski definition) is 5. The summed E-state index contributed by atoms with van der Waals surface area (Å²) in [5, 5.41) is 34.1. The Balaban J connectivity index is 0.00000289. The number of nitrogens with zero attached hydrogens (tertiary/aromatic N) is 4. The van der Waals surface area contributed by atoms with Crippen LogP contribution < -0.4 is 15.8 Å². The van der Waals surface area contributed by atoms with E-state index in [1.54, 1.807) is 0 Å². The summed E-state index contributed by atoms with van der Waals surface area (Å²) in [4.78, 5) is 32.1. The van der Waals surface area contributed by atoms with Crippen LogP contribution in [0.1, 0.15) is 17.8 Å². The number of anilines is 2. The molecule has 4 heterocycles. The third-order valence-corrected chi connectivity index (χ3v) is 7.49. The number of H-pyrrole nitrogens is 1. The lowest BCUT2D eigenvalue weighted by Crippen LogP contribution is -2.39. The Morgan fingerprint density at radius 2 is 1.94 bits per heavy atom. The Morgan fingerprint density at radius 1 is 1.20 bits per heavy atom. The Morgan fingerprint density at radius 3 is 2.63 bits per heavy atom. The fourth-order valence-corrected chi connectivity index (χ4v) is 5.81. The summed E-state index contributed by atoms with van der Waals surface area (Å²) in [5.74, 6) is 0.221. The van der Waals surface area contributed by atoms with Crippen molar-refractivity contribution in [1.29, 1.82) is 0 Å². The standard InChI is InChI=1S/C22H28N6O5S.ClH/c1-10-7-14-16(11(2)23-10)25-21(34-14)15-19(24-13-8-12(9-29)17(30)18(13)31)26-22(27-20(15)32)28-3-5-33-6-4-28;/h7,12-13,17-18,29-31H,3-6,8-9H2,1-2H3,(H2,24,26,27,32);1H/t12-,13-,17-,18+;/m1./s1. The van der Waals surface area contributed by atoms with Crippen LogP contribution in [0.25, 0.3) is 20.8 Å². The van der Waals surface area contributed by atoms with Crippen molar-refractivity contribution in [2.24, 2.45) is 5.92 Å². The number of halogens is 1. The van der Waals surface area contributed by atoms with Crippen LogP contribution in [0.3, 0.4) is 0 Å². The second kappa shape index (κ2) is 10.3. The highest BCUT2D eigenvalue weighted by Crippen LogP contribution is 2.35. The van der Waals surface area contributed by atoms with E-state index < -0.39 is 24.2 Å². The Bertz CT molecular complexity index is 1260. The van der Waals surface area contributed by atoms with Crippen LogP contribution in [0, 0.1) is 19.8 Å². The SMILES string of the molecule is Cc1cc2sc(-c3c(N[C@@H]4C[C@H](CO)[C@@H](O)[C@H]4O)nc(N4CCOCC4)[nH]c3=O)nc2c(C)n1.Cl. The largest absolute Gasteiger partial charge is 0.396 e. The molecule has 5 rings (SSSR count). The molecule has 2 aliphatic rings. The monoisotopic (exact) mass is 524 g/mol. The van der Waals surface area contributed by atoms with Gasteiger partial charge in [0.05, 0.1) is 35.8 Å². The molecule has 4 atom stereocenters. The molecule has 3 aromatic rings. The molecule has 0 amide bonds. The lowest BCUT2D eigenvalue weighted by molar-refractivity contribution is 0.00446. The summed E-state index contributed by atoms with van der Waals surface area (Å²) >= 11 is 1.38. The van der Waals surface area contributed by atoms with Crippen LogP contribution in [-0.4, -0.2) is 86.4 Å². The smallest absolute Gasteiger partial charge is 0.264 e. The third kappa shape index (κ3) is 4.86. The second-order valence-electron chi connectivity index (χ2n) is 8.84. The van der Waals surface area contributed by atoms with Crippen molar-refractivity contribution in [1.82, 2.24) is 19.9 Å². The molecule has 1 saturated carbocycles. The maximum absolute atomic E-state index is 13.4. The van der Waals surface area contributed by atoms with Gasteiger partial charge in [0.1, 0.15) is 28.0 Å². The zero-order valence-electron chi connectivity index (χ0n) is 19.4. The molecule has 35 heavy (non-hydrogen) atoms. The molecule has 11 nitrogen and oxygen atoms in total. The molecule has 0 aromatic carbocycles. The van der Waals surface area contributed by atoms with Crippen molar-refractivity contribution in [2.75, 3.05) is 43.1 Å². The van der Waals surface area contributed by atoms with Gasteiger partial charge >= 0.3 is 0 Å². The van der Waals surface area contributed by atoms with Crippen LogP contribution in [0.2, 0.25) is 0 Å². The zero-order valence-corrected chi connectivity index (χ0v) is 21.0. The number of thiazole rings is 1. The number of nitrogens with one attached hydrogen (secondary N) is 2. The number of aromatic amines is 1. The Kier molecular flexibility index (Phi) is 7.60. The first-order valence-corrected chi connectivity index (χ1v) is 12.1. The van der Waals surface area contributed by atoms with Gasteiger partial charge < -0.3 is 30.3 Å². The number of aryl methyl sites for hydroxylation is 2. The second-order valence-corrected chi connectivity index (χ2v) is 9.87. The molecule has 0 bridgehead atoms. The van der Waals surface area contributed by atoms with Crippen molar-refractivity contribution >= 4 is 45.7 Å². The number of pyridine rings is 1. The highest BCUT2D eigenvalue weighted by Gasteiger charge is 2.41. The molecule has 0 unspecified atom stereocenters. The van der Waals surface area contributed by atoms with Gasteiger partial charge in [-0.3, -0.25) is 14.8 Å². The number of rotatable bonds is 5. The van der Waals surface area contributed by atoms with Crippen LogP contribution >= 0.6 is 23.7 Å². The van der Waals surface area contributed by atoms with Crippen molar-refractivity contribution in [2.45, 2.75) is 38.5 Å². The number of fused-ring (bicyclic) bond motifs is 1. The molecule has 0 radical (unpaired) electrons. The van der Waals surface area contributed by atoms with E-state index in [1.165, 1.54) is 11.3 Å². The van der Waals surface area contributed by atoms with Gasteiger partial charge in [0.25, 0.3) is 5.56 Å². The minimum absolute atomic E-state index is 0. The molecule has 1 aliphatic carbocycles. The van der Waals surface area contributed by atoms with E-state index in [-0.39, 0.29) is 36.0 Å². The third-order valence-electron chi connectivity index (χ3n) is 6.47. The van der Waals surface area contributed by atoms with Gasteiger partial charge in [0.2, 0.25) is 5.95 Å². The lowest BCUT2D eigenvalue weighted by atomic mass is 10.1. The minimum Gasteiger partial charge on any atom is -0.396 e. The highest BCUT2D eigenvalue weighted by molar-refractivity contribution is 7.21. The molecule has 13 heteroatoms. The average molecular weight is 525 g/mol. The van der Waals surface area contributed by atoms with Crippen LogP contribution in [0.4, 0.5) is 11.8 Å². The van der Waals surface area contributed by atoms with E-state index in [4.69, 9.17) is 14.7 Å². The van der Waals surface area contributed by atoms with Crippen LogP contribution in [0.15, 0.2) is 10.9 Å². The first-order chi connectivity index (χ1) is 16.4. The van der Waals surface area contributed by atoms with Gasteiger partial charge in [-0.2, -0.15) is 4.98 Å². The maximum atomic E-state index is 13.4. The summed E-state index contributed by atoms with van der Waals surface area (Å²) in [7, 11) is 0. The van der Waals surface area contributed by atoms with Gasteiger partial charge in [-0.25, -0.2) is 4.98 Å². The topological polar surface area (TPSA) is 157 Å². The molecule has 2 fully saturated rings. The summed E-state index contributed by atoms with van der Waals surface area (Å²) in [6, 6.07) is 1.35. The molecule has 190 valence electrons. The molecular weight excluding hydrogens is 496 g/mol. The lowest BCUT2D eigenvalue weighted by Gasteiger charge is -2.28. The molecule has 0 spiro atoms. The number of ether oxygens (including phenoxy) is 1. The minimum atomic E-state index is -1.11. The Hall–Kier alpha value is -2.35. The van der Waals surface area contributed by atoms with E-state index in [1.807, 2.05) is 24.8 Å². The first-order valence-electron chi connectivity index (χ1n) is 11.3. The van der Waals surface area contributed by atoms with E-state index in [0.29, 0.717) is 43.7 Å². The number of aliphatic hydroxyl groups excluding tert-OH is 3. The van der Waals surface area contributed by atoms with Gasteiger partial charge in [-0.05, 0) is 26.3 Å². The van der Waals surface area contributed by atoms with E-state index in [9.17, 15) is 20.1 Å².